The predicted molar refractivity (Wildman–Crippen MR) is 80.3 cm³/mol. The minimum absolute atomic E-state index is 0.128. The summed E-state index contributed by atoms with van der Waals surface area (Å²) in [6, 6.07) is 3.31. The van der Waals surface area contributed by atoms with Crippen LogP contribution < -0.4 is 4.74 Å². The average Bonchev–Trinajstić information content (AvgIpc) is 2.25. The Balaban J connectivity index is 3.34. The van der Waals surface area contributed by atoms with Gasteiger partial charge in [-0.2, -0.15) is 0 Å². The van der Waals surface area contributed by atoms with Crippen molar-refractivity contribution < 1.29 is 17.9 Å². The normalized spacial score (nSPS) is 12.5. The lowest BCUT2D eigenvalue weighted by atomic mass is 9.86. The van der Waals surface area contributed by atoms with Crippen molar-refractivity contribution in [3.05, 3.63) is 23.3 Å². The van der Waals surface area contributed by atoms with Crippen LogP contribution in [-0.4, -0.2) is 28.7 Å². The van der Waals surface area contributed by atoms with Crippen molar-refractivity contribution >= 4 is 19.7 Å². The molecule has 0 heterocycles. The Morgan fingerprint density at radius 2 is 1.80 bits per heavy atom. The molecule has 20 heavy (non-hydrogen) atoms. The molecule has 0 radical (unpaired) electrons. The monoisotopic (exact) mass is 320 g/mol. The van der Waals surface area contributed by atoms with Crippen LogP contribution in [0.25, 0.3) is 0 Å². The Labute approximate surface area is 125 Å². The molecule has 0 spiro atoms. The van der Waals surface area contributed by atoms with E-state index in [0.717, 1.165) is 5.56 Å². The third kappa shape index (κ3) is 4.36. The maximum atomic E-state index is 11.6. The van der Waals surface area contributed by atoms with Gasteiger partial charge in [0.25, 0.3) is 9.05 Å². The fourth-order valence-electron chi connectivity index (χ4n) is 1.86. The molecule has 0 aliphatic heterocycles. The van der Waals surface area contributed by atoms with E-state index in [4.69, 9.17) is 20.2 Å². The molecule has 4 nitrogen and oxygen atoms in total. The Kier molecular flexibility index (Phi) is 5.46. The highest BCUT2D eigenvalue weighted by Crippen LogP contribution is 2.36. The fourth-order valence-corrected chi connectivity index (χ4v) is 3.07. The molecular formula is C14H21ClO4S. The Bertz CT molecular complexity index is 574. The molecule has 0 aliphatic rings. The molecule has 0 aromatic heterocycles. The van der Waals surface area contributed by atoms with E-state index < -0.39 is 9.05 Å². The number of benzene rings is 1. The van der Waals surface area contributed by atoms with Crippen LogP contribution in [0.5, 0.6) is 5.75 Å². The maximum absolute atomic E-state index is 11.6. The van der Waals surface area contributed by atoms with Gasteiger partial charge in [-0.15, -0.1) is 0 Å². The predicted octanol–water partition coefficient (Wildman–Crippen LogP) is 3.25. The third-order valence-electron chi connectivity index (χ3n) is 2.89. The van der Waals surface area contributed by atoms with E-state index in [1.807, 2.05) is 20.8 Å². The number of halogens is 1. The quantitative estimate of drug-likeness (QED) is 0.617. The summed E-state index contributed by atoms with van der Waals surface area (Å²) in [5.74, 6) is 0.663. The van der Waals surface area contributed by atoms with E-state index in [1.165, 1.54) is 0 Å². The molecule has 1 rings (SSSR count). The first kappa shape index (κ1) is 17.3. The zero-order valence-electron chi connectivity index (χ0n) is 12.5. The van der Waals surface area contributed by atoms with Crippen LogP contribution in [0.1, 0.15) is 31.9 Å². The lowest BCUT2D eigenvalue weighted by Crippen LogP contribution is -2.16. The van der Waals surface area contributed by atoms with E-state index in [-0.39, 0.29) is 10.3 Å². The van der Waals surface area contributed by atoms with Gasteiger partial charge in [-0.1, -0.05) is 20.8 Å². The van der Waals surface area contributed by atoms with Crippen molar-refractivity contribution in [1.82, 2.24) is 0 Å². The van der Waals surface area contributed by atoms with Gasteiger partial charge in [0.1, 0.15) is 12.4 Å². The minimum atomic E-state index is -3.77. The maximum Gasteiger partial charge on any atom is 0.261 e. The van der Waals surface area contributed by atoms with Crippen molar-refractivity contribution in [2.45, 2.75) is 38.0 Å². The van der Waals surface area contributed by atoms with E-state index in [1.54, 1.807) is 26.2 Å². The number of methoxy groups -OCH3 is 1. The van der Waals surface area contributed by atoms with Crippen molar-refractivity contribution in [3.8, 4) is 5.75 Å². The zero-order chi connectivity index (χ0) is 15.6. The zero-order valence-corrected chi connectivity index (χ0v) is 14.1. The highest BCUT2D eigenvalue weighted by atomic mass is 35.7. The van der Waals surface area contributed by atoms with Crippen LogP contribution in [0, 0.1) is 6.92 Å². The summed E-state index contributed by atoms with van der Waals surface area (Å²) >= 11 is 0. The summed E-state index contributed by atoms with van der Waals surface area (Å²) in [7, 11) is 3.31. The van der Waals surface area contributed by atoms with Gasteiger partial charge in [0.05, 0.1) is 11.5 Å². The van der Waals surface area contributed by atoms with Gasteiger partial charge >= 0.3 is 0 Å². The van der Waals surface area contributed by atoms with Crippen molar-refractivity contribution in [1.29, 1.82) is 0 Å². The summed E-state index contributed by atoms with van der Waals surface area (Å²) < 4.78 is 33.9. The first-order valence-electron chi connectivity index (χ1n) is 6.29. The van der Waals surface area contributed by atoms with Gasteiger partial charge in [0.2, 0.25) is 0 Å². The van der Waals surface area contributed by atoms with Crippen LogP contribution in [0.15, 0.2) is 17.0 Å². The third-order valence-corrected chi connectivity index (χ3v) is 4.36. The van der Waals surface area contributed by atoms with Crippen LogP contribution in [0.4, 0.5) is 0 Å². The molecule has 0 bridgehead atoms. The molecule has 0 amide bonds. The average molecular weight is 321 g/mol. The Morgan fingerprint density at radius 1 is 1.20 bits per heavy atom. The number of ether oxygens (including phenoxy) is 2. The largest absolute Gasteiger partial charge is 0.491 e. The fraction of sp³-hybridized carbons (Fsp3) is 0.571. The standard InChI is InChI=1S/C14H21ClO4S/c1-10-8-12(19-7-6-18-5)11(14(2,3)4)9-13(10)20(15,16)17/h8-9H,6-7H2,1-5H3. The van der Waals surface area contributed by atoms with Gasteiger partial charge in [-0.3, -0.25) is 0 Å². The molecule has 1 aromatic carbocycles. The van der Waals surface area contributed by atoms with E-state index in [0.29, 0.717) is 24.5 Å². The topological polar surface area (TPSA) is 52.6 Å². The highest BCUT2D eigenvalue weighted by Gasteiger charge is 2.24. The van der Waals surface area contributed by atoms with Crippen molar-refractivity contribution in [3.63, 3.8) is 0 Å². The van der Waals surface area contributed by atoms with Crippen LogP contribution >= 0.6 is 10.7 Å². The molecule has 6 heteroatoms. The molecule has 0 saturated heterocycles. The summed E-state index contributed by atoms with van der Waals surface area (Å²) in [6.07, 6.45) is 0. The van der Waals surface area contributed by atoms with Crippen LogP contribution in [0.3, 0.4) is 0 Å². The number of aryl methyl sites for hydroxylation is 1. The molecule has 0 saturated carbocycles. The van der Waals surface area contributed by atoms with Crippen LogP contribution in [-0.2, 0) is 19.2 Å². The Hall–Kier alpha value is -0.780. The molecule has 0 N–H and O–H groups in total. The highest BCUT2D eigenvalue weighted by molar-refractivity contribution is 8.13. The molecule has 0 atom stereocenters. The number of hydrogen-bond donors (Lipinski definition) is 0. The second kappa shape index (κ2) is 6.33. The van der Waals surface area contributed by atoms with Gasteiger partial charge in [-0.25, -0.2) is 8.42 Å². The van der Waals surface area contributed by atoms with Crippen molar-refractivity contribution in [2.24, 2.45) is 0 Å². The van der Waals surface area contributed by atoms with Gasteiger partial charge in [0.15, 0.2) is 0 Å². The van der Waals surface area contributed by atoms with E-state index in [2.05, 4.69) is 0 Å². The number of rotatable bonds is 5. The number of hydrogen-bond acceptors (Lipinski definition) is 4. The smallest absolute Gasteiger partial charge is 0.261 e. The second-order valence-corrected chi connectivity index (χ2v) is 8.18. The first-order valence-corrected chi connectivity index (χ1v) is 8.60. The SMILES string of the molecule is COCCOc1cc(C)c(S(=O)(=O)Cl)cc1C(C)(C)C. The Morgan fingerprint density at radius 3 is 2.25 bits per heavy atom. The van der Waals surface area contributed by atoms with Gasteiger partial charge < -0.3 is 9.47 Å². The molecule has 0 unspecified atom stereocenters. The summed E-state index contributed by atoms with van der Waals surface area (Å²) in [4.78, 5) is 0.128. The molecule has 1 aromatic rings. The van der Waals surface area contributed by atoms with Gasteiger partial charge in [-0.05, 0) is 30.0 Å². The first-order chi connectivity index (χ1) is 9.07. The van der Waals surface area contributed by atoms with Gasteiger partial charge in [0, 0.05) is 23.4 Å². The molecule has 0 fully saturated rings. The summed E-state index contributed by atoms with van der Waals surface area (Å²) in [5, 5.41) is 0. The van der Waals surface area contributed by atoms with E-state index in [9.17, 15) is 8.42 Å². The lowest BCUT2D eigenvalue weighted by molar-refractivity contribution is 0.145. The van der Waals surface area contributed by atoms with E-state index >= 15 is 0 Å². The van der Waals surface area contributed by atoms with Crippen molar-refractivity contribution in [2.75, 3.05) is 20.3 Å². The summed E-state index contributed by atoms with van der Waals surface area (Å²) in [5.41, 5.74) is 1.12. The molecule has 0 aliphatic carbocycles. The molecular weight excluding hydrogens is 300 g/mol. The second-order valence-electron chi connectivity index (χ2n) is 5.64. The van der Waals surface area contributed by atoms with Crippen LogP contribution in [0.2, 0.25) is 0 Å². The summed E-state index contributed by atoms with van der Waals surface area (Å²) in [6.45, 7) is 8.55. The minimum Gasteiger partial charge on any atom is -0.491 e. The lowest BCUT2D eigenvalue weighted by Gasteiger charge is -2.24. The molecule has 114 valence electrons.